The van der Waals surface area contributed by atoms with Crippen LogP contribution in [0.15, 0.2) is 22.7 Å². The summed E-state index contributed by atoms with van der Waals surface area (Å²) in [6.45, 7) is 2.84. The van der Waals surface area contributed by atoms with Gasteiger partial charge < -0.3 is 5.11 Å². The number of nitrogens with zero attached hydrogens (tertiary/aromatic N) is 1. The Morgan fingerprint density at radius 1 is 1.47 bits per heavy atom. The first-order chi connectivity index (χ1) is 8.97. The molecule has 0 aromatic heterocycles. The highest BCUT2D eigenvalue weighted by molar-refractivity contribution is 9.10. The highest BCUT2D eigenvalue weighted by Crippen LogP contribution is 2.38. The molecule has 1 saturated carbocycles. The largest absolute Gasteiger partial charge is 0.388 e. The second kappa shape index (κ2) is 4.83. The third kappa shape index (κ3) is 2.86. The highest BCUT2D eigenvalue weighted by atomic mass is 79.9. The number of halogens is 2. The molecule has 2 aliphatic rings. The van der Waals surface area contributed by atoms with Crippen molar-refractivity contribution in [2.24, 2.45) is 0 Å². The summed E-state index contributed by atoms with van der Waals surface area (Å²) in [4.78, 5) is 2.39. The fourth-order valence-electron chi connectivity index (χ4n) is 3.27. The summed E-state index contributed by atoms with van der Waals surface area (Å²) in [7, 11) is 0. The van der Waals surface area contributed by atoms with E-state index in [1.807, 2.05) is 6.07 Å². The summed E-state index contributed by atoms with van der Waals surface area (Å²) in [5.41, 5.74) is -0.174. The van der Waals surface area contributed by atoms with Crippen molar-refractivity contribution >= 4 is 15.9 Å². The lowest BCUT2D eigenvalue weighted by atomic mass is 9.92. The van der Waals surface area contributed by atoms with Gasteiger partial charge in [0.05, 0.1) is 5.60 Å². The van der Waals surface area contributed by atoms with Crippen molar-refractivity contribution in [2.75, 3.05) is 6.54 Å². The minimum absolute atomic E-state index is 0.236. The van der Waals surface area contributed by atoms with Crippen molar-refractivity contribution in [1.29, 1.82) is 0 Å². The predicted octanol–water partition coefficient (Wildman–Crippen LogP) is 3.12. The molecular formula is C15H19BrFNO. The van der Waals surface area contributed by atoms with E-state index in [2.05, 4.69) is 27.8 Å². The van der Waals surface area contributed by atoms with E-state index in [0.717, 1.165) is 10.9 Å². The van der Waals surface area contributed by atoms with Crippen molar-refractivity contribution in [1.82, 2.24) is 4.90 Å². The molecule has 2 unspecified atom stereocenters. The first-order valence-corrected chi connectivity index (χ1v) is 7.68. The van der Waals surface area contributed by atoms with Crippen LogP contribution in [0.25, 0.3) is 0 Å². The van der Waals surface area contributed by atoms with E-state index in [1.165, 1.54) is 18.9 Å². The minimum atomic E-state index is -0.781. The minimum Gasteiger partial charge on any atom is -0.388 e. The van der Waals surface area contributed by atoms with Gasteiger partial charge in [0, 0.05) is 29.5 Å². The SMILES string of the molecule is CC1CC(O)(Cc2ccc(Br)cc2F)CN1C1CC1. The summed E-state index contributed by atoms with van der Waals surface area (Å²) >= 11 is 3.26. The maximum atomic E-state index is 13.9. The molecule has 3 rings (SSSR count). The summed E-state index contributed by atoms with van der Waals surface area (Å²) in [5.74, 6) is -0.236. The lowest BCUT2D eigenvalue weighted by Gasteiger charge is -2.24. The van der Waals surface area contributed by atoms with Crippen molar-refractivity contribution < 1.29 is 9.50 Å². The van der Waals surface area contributed by atoms with Gasteiger partial charge in [0.2, 0.25) is 0 Å². The van der Waals surface area contributed by atoms with Crippen LogP contribution in [0.2, 0.25) is 0 Å². The van der Waals surface area contributed by atoms with Crippen LogP contribution in [-0.4, -0.2) is 34.2 Å². The fourth-order valence-corrected chi connectivity index (χ4v) is 3.60. The molecule has 0 spiro atoms. The Labute approximate surface area is 121 Å². The van der Waals surface area contributed by atoms with E-state index in [9.17, 15) is 9.50 Å². The molecule has 0 bridgehead atoms. The second-order valence-corrected chi connectivity index (χ2v) is 7.01. The first-order valence-electron chi connectivity index (χ1n) is 6.89. The molecule has 1 aromatic carbocycles. The molecule has 1 aliphatic heterocycles. The van der Waals surface area contributed by atoms with Crippen LogP contribution in [0, 0.1) is 5.82 Å². The molecule has 2 nitrogen and oxygen atoms in total. The van der Waals surface area contributed by atoms with Gasteiger partial charge in [-0.25, -0.2) is 4.39 Å². The van der Waals surface area contributed by atoms with Crippen LogP contribution < -0.4 is 0 Å². The third-order valence-electron chi connectivity index (χ3n) is 4.27. The van der Waals surface area contributed by atoms with Crippen LogP contribution in [0.4, 0.5) is 4.39 Å². The van der Waals surface area contributed by atoms with E-state index in [1.54, 1.807) is 6.07 Å². The van der Waals surface area contributed by atoms with Crippen LogP contribution in [0.3, 0.4) is 0 Å². The quantitative estimate of drug-likeness (QED) is 0.922. The van der Waals surface area contributed by atoms with E-state index in [-0.39, 0.29) is 5.82 Å². The van der Waals surface area contributed by atoms with Gasteiger partial charge in [-0.2, -0.15) is 0 Å². The van der Waals surface area contributed by atoms with Crippen LogP contribution >= 0.6 is 15.9 Å². The topological polar surface area (TPSA) is 23.5 Å². The number of hydrogen-bond donors (Lipinski definition) is 1. The monoisotopic (exact) mass is 327 g/mol. The summed E-state index contributed by atoms with van der Waals surface area (Å²) in [6.07, 6.45) is 3.62. The summed E-state index contributed by atoms with van der Waals surface area (Å²) < 4.78 is 14.6. The Hall–Kier alpha value is -0.450. The number of hydrogen-bond acceptors (Lipinski definition) is 2. The van der Waals surface area contributed by atoms with Gasteiger partial charge in [-0.1, -0.05) is 22.0 Å². The molecule has 104 valence electrons. The molecule has 1 saturated heterocycles. The van der Waals surface area contributed by atoms with E-state index in [4.69, 9.17) is 0 Å². The van der Waals surface area contributed by atoms with Crippen molar-refractivity contribution in [3.8, 4) is 0 Å². The lowest BCUT2D eigenvalue weighted by Crippen LogP contribution is -2.36. The Bertz CT molecular complexity index is 491. The van der Waals surface area contributed by atoms with Gasteiger partial charge in [-0.05, 0) is 43.9 Å². The summed E-state index contributed by atoms with van der Waals surface area (Å²) in [5, 5.41) is 10.7. The normalized spacial score (nSPS) is 31.9. The van der Waals surface area contributed by atoms with Gasteiger partial charge in [0.25, 0.3) is 0 Å². The van der Waals surface area contributed by atoms with Crippen LogP contribution in [0.1, 0.15) is 31.7 Å². The molecule has 1 heterocycles. The number of benzene rings is 1. The molecule has 2 fully saturated rings. The first kappa shape index (κ1) is 13.5. The number of aliphatic hydroxyl groups is 1. The average Bonchev–Trinajstić information content (AvgIpc) is 3.10. The predicted molar refractivity (Wildman–Crippen MR) is 76.6 cm³/mol. The number of likely N-dealkylation sites (tertiary alicyclic amines) is 1. The molecule has 4 heteroatoms. The van der Waals surface area contributed by atoms with E-state index < -0.39 is 5.60 Å². The Morgan fingerprint density at radius 3 is 2.84 bits per heavy atom. The van der Waals surface area contributed by atoms with Gasteiger partial charge in [0.15, 0.2) is 0 Å². The molecule has 1 aliphatic carbocycles. The lowest BCUT2D eigenvalue weighted by molar-refractivity contribution is 0.0478. The van der Waals surface area contributed by atoms with Gasteiger partial charge in [-0.15, -0.1) is 0 Å². The number of β-amino-alcohol motifs (C(OH)–C–C–N with tert-alkyl or cyclic N) is 1. The van der Waals surface area contributed by atoms with E-state index in [0.29, 0.717) is 30.6 Å². The fraction of sp³-hybridized carbons (Fsp3) is 0.600. The zero-order chi connectivity index (χ0) is 13.6. The maximum Gasteiger partial charge on any atom is 0.127 e. The third-order valence-corrected chi connectivity index (χ3v) is 4.76. The van der Waals surface area contributed by atoms with Crippen LogP contribution in [-0.2, 0) is 6.42 Å². The molecule has 0 amide bonds. The highest BCUT2D eigenvalue weighted by Gasteiger charge is 2.46. The Morgan fingerprint density at radius 2 is 2.21 bits per heavy atom. The average molecular weight is 328 g/mol. The zero-order valence-corrected chi connectivity index (χ0v) is 12.7. The maximum absolute atomic E-state index is 13.9. The van der Waals surface area contributed by atoms with Gasteiger partial charge in [0.1, 0.15) is 5.82 Å². The summed E-state index contributed by atoms with van der Waals surface area (Å²) in [6, 6.07) is 6.12. The standard InChI is InChI=1S/C15H19BrFNO/c1-10-7-15(19,9-18(10)13-4-5-13)8-11-2-3-12(16)6-14(11)17/h2-3,6,10,13,19H,4-5,7-9H2,1H3. The smallest absolute Gasteiger partial charge is 0.127 e. The van der Waals surface area contributed by atoms with E-state index >= 15 is 0 Å². The molecular weight excluding hydrogens is 309 g/mol. The number of rotatable bonds is 3. The van der Waals surface area contributed by atoms with Crippen LogP contribution in [0.5, 0.6) is 0 Å². The molecule has 0 radical (unpaired) electrons. The molecule has 1 aromatic rings. The van der Waals surface area contributed by atoms with Crippen molar-refractivity contribution in [3.05, 3.63) is 34.1 Å². The molecule has 1 N–H and O–H groups in total. The Kier molecular flexibility index (Phi) is 3.44. The Balaban J connectivity index is 1.75. The molecule has 2 atom stereocenters. The van der Waals surface area contributed by atoms with Gasteiger partial charge >= 0.3 is 0 Å². The second-order valence-electron chi connectivity index (χ2n) is 6.09. The van der Waals surface area contributed by atoms with Gasteiger partial charge in [-0.3, -0.25) is 4.90 Å². The zero-order valence-electron chi connectivity index (χ0n) is 11.1. The molecule has 19 heavy (non-hydrogen) atoms. The van der Waals surface area contributed by atoms with Crippen molar-refractivity contribution in [2.45, 2.75) is 50.3 Å². The van der Waals surface area contributed by atoms with Crippen molar-refractivity contribution in [3.63, 3.8) is 0 Å².